The third-order valence-corrected chi connectivity index (χ3v) is 9.02. The maximum absolute atomic E-state index is 17.0. The Morgan fingerprint density at radius 2 is 1.79 bits per heavy atom. The molecule has 3 heterocycles. The van der Waals surface area contributed by atoms with Gasteiger partial charge in [-0.15, -0.1) is 6.42 Å². The first kappa shape index (κ1) is 28.1. The Morgan fingerprint density at radius 3 is 2.45 bits per heavy atom. The normalized spacial score (nSPS) is 23.0. The van der Waals surface area contributed by atoms with Gasteiger partial charge < -0.3 is 19.8 Å². The van der Waals surface area contributed by atoms with Crippen molar-refractivity contribution < 1.29 is 23.7 Å². The van der Waals surface area contributed by atoms with E-state index in [2.05, 4.69) is 17.7 Å². The molecule has 2 atom stereocenters. The van der Waals surface area contributed by atoms with Gasteiger partial charge in [0.05, 0.1) is 29.2 Å². The van der Waals surface area contributed by atoms with Gasteiger partial charge in [-0.3, -0.25) is 4.90 Å². The zero-order chi connectivity index (χ0) is 30.0. The molecule has 0 saturated carbocycles. The van der Waals surface area contributed by atoms with Crippen LogP contribution in [0.3, 0.4) is 0 Å². The van der Waals surface area contributed by atoms with Crippen LogP contribution in [-0.4, -0.2) is 64.5 Å². The average Bonchev–Trinajstić information content (AvgIpc) is 3.30. The minimum atomic E-state index is -0.939. The van der Waals surface area contributed by atoms with E-state index in [1.807, 2.05) is 11.9 Å². The van der Waals surface area contributed by atoms with E-state index in [4.69, 9.17) is 21.1 Å². The van der Waals surface area contributed by atoms with Crippen LogP contribution in [0.1, 0.15) is 50.9 Å². The number of hydrogen-bond acceptors (Lipinski definition) is 7. The molecule has 1 aromatic heterocycles. The summed E-state index contributed by atoms with van der Waals surface area (Å²) in [7, 11) is 3.49. The fourth-order valence-electron chi connectivity index (χ4n) is 6.62. The third-order valence-electron chi connectivity index (χ3n) is 9.02. The Morgan fingerprint density at radius 1 is 1.02 bits per heavy atom. The minimum Gasteiger partial charge on any atom is -0.508 e. The number of β-amino-alcohol motifs (C(OH)–C–C–N with tert-alkyl or cyclic N) is 1. The van der Waals surface area contributed by atoms with Gasteiger partial charge in [0, 0.05) is 24.0 Å². The summed E-state index contributed by atoms with van der Waals surface area (Å²) < 4.78 is 37.7. The van der Waals surface area contributed by atoms with Gasteiger partial charge in [-0.2, -0.15) is 0 Å². The van der Waals surface area contributed by atoms with Crippen molar-refractivity contribution in [1.82, 2.24) is 14.9 Å². The van der Waals surface area contributed by atoms with E-state index < -0.39 is 22.8 Å². The lowest BCUT2D eigenvalue weighted by Gasteiger charge is -2.39. The number of aliphatic hydroxyl groups is 1. The first-order valence-electron chi connectivity index (χ1n) is 14.2. The first-order valence-corrected chi connectivity index (χ1v) is 14.2. The number of anilines is 1. The highest BCUT2D eigenvalue weighted by Crippen LogP contribution is 2.45. The molecule has 2 aliphatic heterocycles. The predicted molar refractivity (Wildman–Crippen MR) is 160 cm³/mol. The van der Waals surface area contributed by atoms with Crippen molar-refractivity contribution in [2.24, 2.45) is 0 Å². The molecule has 0 amide bonds. The molecule has 0 bridgehead atoms. The van der Waals surface area contributed by atoms with Crippen molar-refractivity contribution in [2.45, 2.75) is 50.7 Å². The zero-order valence-corrected chi connectivity index (χ0v) is 24.3. The number of piperidine rings is 1. The molecule has 3 aromatic carbocycles. The summed E-state index contributed by atoms with van der Waals surface area (Å²) in [5, 5.41) is 22.7. The Bertz CT molecular complexity index is 1780. The summed E-state index contributed by atoms with van der Waals surface area (Å²) in [6.45, 7) is 5.65. The molecule has 2 N–H and O–H groups in total. The quantitative estimate of drug-likeness (QED) is 0.303. The van der Waals surface area contributed by atoms with Crippen molar-refractivity contribution in [3.8, 4) is 35.0 Å². The number of phenolic OH excluding ortho intramolecular Hbond substituents is 1. The second kappa shape index (κ2) is 10.1. The summed E-state index contributed by atoms with van der Waals surface area (Å²) >= 11 is 0. The molecule has 2 fully saturated rings. The lowest BCUT2D eigenvalue weighted by atomic mass is 9.92. The number of likely N-dealkylation sites (tertiary alicyclic amines) is 1. The summed E-state index contributed by atoms with van der Waals surface area (Å²) in [6, 6.07) is 7.10. The molecule has 218 valence electrons. The van der Waals surface area contributed by atoms with Gasteiger partial charge in [-0.25, -0.2) is 18.7 Å². The van der Waals surface area contributed by atoms with E-state index >= 15 is 4.39 Å². The number of aromatic nitrogens is 2. The minimum absolute atomic E-state index is 0.0272. The van der Waals surface area contributed by atoms with Crippen LogP contribution in [0.5, 0.6) is 11.5 Å². The molecule has 0 aliphatic carbocycles. The number of halogens is 2. The Labute approximate surface area is 243 Å². The summed E-state index contributed by atoms with van der Waals surface area (Å²) in [5.41, 5.74) is -1.16. The lowest BCUT2D eigenvalue weighted by Crippen LogP contribution is -2.47. The van der Waals surface area contributed by atoms with E-state index in [9.17, 15) is 14.6 Å². The van der Waals surface area contributed by atoms with Gasteiger partial charge >= 0.3 is 0 Å². The van der Waals surface area contributed by atoms with Gasteiger partial charge in [0.15, 0.2) is 11.6 Å². The molecule has 2 saturated heterocycles. The molecule has 1 unspecified atom stereocenters. The summed E-state index contributed by atoms with van der Waals surface area (Å²) in [4.78, 5) is 14.1. The van der Waals surface area contributed by atoms with Crippen LogP contribution < -0.4 is 9.64 Å². The number of nitrogens with zero attached hydrogens (tertiary/aromatic N) is 4. The number of benzene rings is 3. The number of hydrogen-bond donors (Lipinski definition) is 2. The molecule has 4 aromatic rings. The van der Waals surface area contributed by atoms with Crippen LogP contribution in [0.15, 0.2) is 30.3 Å². The van der Waals surface area contributed by atoms with E-state index in [1.165, 1.54) is 37.4 Å². The molecular weight excluding hydrogens is 538 g/mol. The molecule has 6 rings (SSSR count). The second-order valence-electron chi connectivity index (χ2n) is 12.0. The van der Waals surface area contributed by atoms with E-state index in [0.29, 0.717) is 53.1 Å². The summed E-state index contributed by atoms with van der Waals surface area (Å²) in [6.07, 6.45) is 8.84. The Hall–Kier alpha value is -4.00. The van der Waals surface area contributed by atoms with E-state index in [1.54, 1.807) is 6.92 Å². The van der Waals surface area contributed by atoms with Crippen molar-refractivity contribution in [2.75, 3.05) is 38.7 Å². The van der Waals surface area contributed by atoms with E-state index in [0.717, 1.165) is 25.8 Å². The third kappa shape index (κ3) is 4.41. The van der Waals surface area contributed by atoms with Crippen molar-refractivity contribution in [1.29, 1.82) is 0 Å². The Balaban J connectivity index is 1.71. The van der Waals surface area contributed by atoms with Gasteiger partial charge in [-0.05, 0) is 88.3 Å². The number of rotatable bonds is 4. The molecule has 0 radical (unpaired) electrons. The van der Waals surface area contributed by atoms with Crippen LogP contribution >= 0.6 is 0 Å². The van der Waals surface area contributed by atoms with Crippen molar-refractivity contribution in [3.05, 3.63) is 53.4 Å². The van der Waals surface area contributed by atoms with E-state index in [-0.39, 0.29) is 28.0 Å². The van der Waals surface area contributed by atoms with Crippen molar-refractivity contribution in [3.63, 3.8) is 0 Å². The van der Waals surface area contributed by atoms with Crippen LogP contribution in [-0.2, 0) is 5.54 Å². The number of terminal acetylenes is 1. The fraction of sp³-hybridized carbons (Fsp3) is 0.394. The molecule has 9 heteroatoms. The SMILES string of the molecule is C#Cc1c(F)ccc2cc(O)cc(-c3cc(OC)c4c(N5CCCC(C)(O)C5)nc([C@@]5(C)CCCN5C)nc4c3F)c12. The summed E-state index contributed by atoms with van der Waals surface area (Å²) in [5.74, 6) is 2.28. The van der Waals surface area contributed by atoms with Crippen LogP contribution in [0.25, 0.3) is 32.8 Å². The number of methoxy groups -OCH3 is 1. The topological polar surface area (TPSA) is 82.0 Å². The van der Waals surface area contributed by atoms with Crippen molar-refractivity contribution >= 4 is 27.5 Å². The monoisotopic (exact) mass is 572 g/mol. The van der Waals surface area contributed by atoms with Crippen LogP contribution in [0.2, 0.25) is 0 Å². The van der Waals surface area contributed by atoms with Crippen LogP contribution in [0, 0.1) is 24.0 Å². The highest BCUT2D eigenvalue weighted by atomic mass is 19.1. The highest BCUT2D eigenvalue weighted by molar-refractivity contribution is 6.05. The molecule has 42 heavy (non-hydrogen) atoms. The molecule has 2 aliphatic rings. The van der Waals surface area contributed by atoms with Gasteiger partial charge in [0.2, 0.25) is 0 Å². The number of phenols is 1. The predicted octanol–water partition coefficient (Wildman–Crippen LogP) is 5.72. The standard InChI is InChI=1S/C33H34F2N4O3/c1-6-21-24(34)10-9-19-15-20(40)16-22(26(19)21)23-17-25(42-5)27-29(28(23)35)36-31(33(3)12-8-13-38(33)4)37-30(27)39-14-7-11-32(2,41)18-39/h1,9-10,15-17,40-41H,7-8,11-14,18H2,2-5H3/t32?,33-/m1/s1. The highest BCUT2D eigenvalue weighted by Gasteiger charge is 2.40. The van der Waals surface area contributed by atoms with Gasteiger partial charge in [0.1, 0.15) is 28.7 Å². The smallest absolute Gasteiger partial charge is 0.157 e. The molecule has 0 spiro atoms. The maximum Gasteiger partial charge on any atom is 0.157 e. The van der Waals surface area contributed by atoms with Gasteiger partial charge in [-0.1, -0.05) is 12.0 Å². The number of ether oxygens (including phenoxy) is 1. The largest absolute Gasteiger partial charge is 0.508 e. The maximum atomic E-state index is 17.0. The molecule has 7 nitrogen and oxygen atoms in total. The fourth-order valence-corrected chi connectivity index (χ4v) is 6.62. The lowest BCUT2D eigenvalue weighted by molar-refractivity contribution is 0.0447. The first-order chi connectivity index (χ1) is 20.0. The Kier molecular flexibility index (Phi) is 6.75. The zero-order valence-electron chi connectivity index (χ0n) is 24.3. The number of aromatic hydroxyl groups is 1. The molecular formula is C33H34F2N4O3. The second-order valence-corrected chi connectivity index (χ2v) is 12.0. The average molecular weight is 573 g/mol. The number of fused-ring (bicyclic) bond motifs is 2. The van der Waals surface area contributed by atoms with Gasteiger partial charge in [0.25, 0.3) is 0 Å². The van der Waals surface area contributed by atoms with Crippen LogP contribution in [0.4, 0.5) is 14.6 Å².